The lowest BCUT2D eigenvalue weighted by Gasteiger charge is -2.19. The minimum absolute atomic E-state index is 0.188. The molecule has 15 nitrogen and oxygen atoms in total. The van der Waals surface area contributed by atoms with E-state index in [1.807, 2.05) is 0 Å². The molecule has 17 heteroatoms. The molecule has 0 amide bonds. The fraction of sp³-hybridized carbons (Fsp3) is 0.860. The summed E-state index contributed by atoms with van der Waals surface area (Å²) in [5.41, 5.74) is 0. The van der Waals surface area contributed by atoms with Crippen LogP contribution in [-0.4, -0.2) is 95.0 Å². The number of aliphatic hydroxyl groups excluding tert-OH is 3. The first-order valence-corrected chi connectivity index (χ1v) is 32.3. The number of unbranched alkanes of at least 4 members (excludes halogenated alkanes) is 31. The SMILES string of the molecule is CCCCC/C=C\C/C=C\C/C=C\CCCCCCCCCCC(=O)OCC(O)COP(=O)(O)OCC(O)COP(=O)(O)OCC(O)COC(=O)CCCCCCCCCCCCCCCCCCCCCCC. The largest absolute Gasteiger partial charge is 0.472 e. The van der Waals surface area contributed by atoms with E-state index >= 15 is 0 Å². The van der Waals surface area contributed by atoms with Crippen molar-refractivity contribution in [3.8, 4) is 0 Å². The molecule has 74 heavy (non-hydrogen) atoms. The van der Waals surface area contributed by atoms with Crippen LogP contribution in [0.2, 0.25) is 0 Å². The number of rotatable bonds is 57. The zero-order valence-corrected chi connectivity index (χ0v) is 48.3. The van der Waals surface area contributed by atoms with Crippen LogP contribution in [0.4, 0.5) is 0 Å². The van der Waals surface area contributed by atoms with Crippen LogP contribution in [0.15, 0.2) is 36.5 Å². The summed E-state index contributed by atoms with van der Waals surface area (Å²) in [4.78, 5) is 44.0. The molecule has 0 spiro atoms. The van der Waals surface area contributed by atoms with E-state index in [0.29, 0.717) is 12.8 Å². The summed E-state index contributed by atoms with van der Waals surface area (Å²) in [6.45, 7) is 0.450. The molecule has 0 aromatic rings. The molecule has 0 saturated carbocycles. The number of hydrogen-bond donors (Lipinski definition) is 5. The van der Waals surface area contributed by atoms with Crippen LogP contribution in [0, 0.1) is 0 Å². The van der Waals surface area contributed by atoms with Gasteiger partial charge in [-0.15, -0.1) is 0 Å². The number of aliphatic hydroxyl groups is 3. The molecule has 0 aliphatic rings. The maximum atomic E-state index is 12.2. The Morgan fingerprint density at radius 3 is 0.892 bits per heavy atom. The summed E-state index contributed by atoms with van der Waals surface area (Å²) in [5.74, 6) is -0.992. The first kappa shape index (κ1) is 72.3. The second-order valence-corrected chi connectivity index (χ2v) is 22.9. The van der Waals surface area contributed by atoms with Crippen LogP contribution in [-0.2, 0) is 46.3 Å². The molecule has 0 rings (SSSR count). The number of phosphoric ester groups is 2. The van der Waals surface area contributed by atoms with E-state index in [1.54, 1.807) is 0 Å². The van der Waals surface area contributed by atoms with Gasteiger partial charge < -0.3 is 34.6 Å². The normalized spacial score (nSPS) is 15.0. The summed E-state index contributed by atoms with van der Waals surface area (Å²) in [7, 11) is -9.58. The van der Waals surface area contributed by atoms with Gasteiger partial charge in [0.1, 0.15) is 31.5 Å². The van der Waals surface area contributed by atoms with Crippen molar-refractivity contribution in [2.45, 2.75) is 276 Å². The Balaban J connectivity index is 3.79. The quantitative estimate of drug-likeness (QED) is 0.0165. The third-order valence-electron chi connectivity index (χ3n) is 12.6. The molecule has 5 atom stereocenters. The number of esters is 2. The Bertz CT molecular complexity index is 1460. The Morgan fingerprint density at radius 1 is 0.351 bits per heavy atom. The van der Waals surface area contributed by atoms with Gasteiger partial charge in [0.2, 0.25) is 0 Å². The molecule has 436 valence electrons. The molecular weight excluding hydrogens is 987 g/mol. The highest BCUT2D eigenvalue weighted by Gasteiger charge is 2.28. The van der Waals surface area contributed by atoms with E-state index < -0.39 is 85.5 Å². The first-order valence-electron chi connectivity index (χ1n) is 29.3. The van der Waals surface area contributed by atoms with Crippen molar-refractivity contribution in [1.82, 2.24) is 0 Å². The summed E-state index contributed by atoms with van der Waals surface area (Å²) in [5, 5.41) is 30.2. The monoisotopic (exact) mass is 1090 g/mol. The Labute approximate surface area is 449 Å². The molecule has 0 fully saturated rings. The predicted molar refractivity (Wildman–Crippen MR) is 298 cm³/mol. The Morgan fingerprint density at radius 2 is 0.581 bits per heavy atom. The highest BCUT2D eigenvalue weighted by atomic mass is 31.2. The average Bonchev–Trinajstić information content (AvgIpc) is 3.38. The number of carbonyl (C=O) groups is 2. The van der Waals surface area contributed by atoms with Gasteiger partial charge >= 0.3 is 27.6 Å². The zero-order valence-electron chi connectivity index (χ0n) is 46.5. The number of phosphoric acid groups is 2. The van der Waals surface area contributed by atoms with Crippen molar-refractivity contribution < 1.29 is 71.4 Å². The lowest BCUT2D eigenvalue weighted by molar-refractivity contribution is -0.148. The van der Waals surface area contributed by atoms with Crippen LogP contribution < -0.4 is 0 Å². The highest BCUT2D eigenvalue weighted by Crippen LogP contribution is 2.45. The van der Waals surface area contributed by atoms with E-state index in [-0.39, 0.29) is 12.8 Å². The molecule has 5 unspecified atom stereocenters. The third kappa shape index (κ3) is 55.0. The molecule has 0 saturated heterocycles. The zero-order chi connectivity index (χ0) is 54.5. The van der Waals surface area contributed by atoms with E-state index in [9.17, 15) is 43.8 Å². The van der Waals surface area contributed by atoms with Gasteiger partial charge in [-0.25, -0.2) is 9.13 Å². The molecule has 0 bridgehead atoms. The lowest BCUT2D eigenvalue weighted by Crippen LogP contribution is -2.25. The second kappa shape index (κ2) is 53.3. The predicted octanol–water partition coefficient (Wildman–Crippen LogP) is 15.0. The molecular formula is C57H108O15P2. The maximum Gasteiger partial charge on any atom is 0.472 e. The van der Waals surface area contributed by atoms with Crippen molar-refractivity contribution in [2.75, 3.05) is 39.6 Å². The van der Waals surface area contributed by atoms with Gasteiger partial charge in [0.15, 0.2) is 0 Å². The number of ether oxygens (including phenoxy) is 2. The third-order valence-corrected chi connectivity index (χ3v) is 14.5. The maximum absolute atomic E-state index is 12.2. The molecule has 0 aliphatic heterocycles. The second-order valence-electron chi connectivity index (χ2n) is 20.0. The molecule has 5 N–H and O–H groups in total. The van der Waals surface area contributed by atoms with Gasteiger partial charge in [0.05, 0.1) is 26.4 Å². The van der Waals surface area contributed by atoms with Crippen LogP contribution in [0.5, 0.6) is 0 Å². The standard InChI is InChI=1S/C57H108O15P2/c1-3-5-7-9-11-13-15-17-19-21-23-25-27-29-31-33-35-37-39-41-43-45-56(61)67-47-53(58)49-69-73(63,64)71-51-55(60)52-72-74(65,66)70-50-54(59)48-68-57(62)46-44-42-40-38-36-34-32-30-28-26-24-22-20-18-16-14-12-10-8-6-4-2/h11,13,17,19,23,25,53-55,58-60H,3-10,12,14-16,18,20-22,24,26-52H2,1-2H3,(H,63,64)(H,65,66)/b13-11-,19-17-,25-23-. The van der Waals surface area contributed by atoms with Gasteiger partial charge in [0, 0.05) is 12.8 Å². The molecule has 0 aromatic heterocycles. The van der Waals surface area contributed by atoms with Gasteiger partial charge in [0.25, 0.3) is 0 Å². The van der Waals surface area contributed by atoms with Crippen molar-refractivity contribution in [1.29, 1.82) is 0 Å². The fourth-order valence-electron chi connectivity index (χ4n) is 8.05. The Kier molecular flexibility index (Phi) is 52.0. The van der Waals surface area contributed by atoms with Gasteiger partial charge in [-0.05, 0) is 51.4 Å². The minimum atomic E-state index is -4.79. The van der Waals surface area contributed by atoms with E-state index in [4.69, 9.17) is 18.5 Å². The summed E-state index contributed by atoms with van der Waals surface area (Å²) < 4.78 is 53.3. The lowest BCUT2D eigenvalue weighted by atomic mass is 10.0. The summed E-state index contributed by atoms with van der Waals surface area (Å²) >= 11 is 0. The molecule has 0 aromatic carbocycles. The van der Waals surface area contributed by atoms with Crippen LogP contribution in [0.3, 0.4) is 0 Å². The fourth-order valence-corrected chi connectivity index (χ4v) is 9.64. The van der Waals surface area contributed by atoms with Crippen molar-refractivity contribution in [2.24, 2.45) is 0 Å². The molecule has 0 aliphatic carbocycles. The van der Waals surface area contributed by atoms with E-state index in [1.165, 1.54) is 154 Å². The van der Waals surface area contributed by atoms with E-state index in [0.717, 1.165) is 64.2 Å². The topological polar surface area (TPSA) is 225 Å². The number of hydrogen-bond acceptors (Lipinski definition) is 13. The Hall–Kier alpha value is -1.74. The number of carbonyl (C=O) groups excluding carboxylic acids is 2. The molecule has 0 radical (unpaired) electrons. The van der Waals surface area contributed by atoms with Crippen molar-refractivity contribution in [3.05, 3.63) is 36.5 Å². The van der Waals surface area contributed by atoms with Crippen molar-refractivity contribution in [3.63, 3.8) is 0 Å². The number of allylic oxidation sites excluding steroid dienone is 6. The van der Waals surface area contributed by atoms with Gasteiger partial charge in [-0.3, -0.25) is 27.7 Å². The van der Waals surface area contributed by atoms with Crippen molar-refractivity contribution >= 4 is 27.6 Å². The average molecular weight is 1100 g/mol. The van der Waals surface area contributed by atoms with Crippen LogP contribution in [0.1, 0.15) is 258 Å². The first-order chi connectivity index (χ1) is 35.8. The van der Waals surface area contributed by atoms with E-state index in [2.05, 4.69) is 59.4 Å². The highest BCUT2D eigenvalue weighted by molar-refractivity contribution is 7.47. The minimum Gasteiger partial charge on any atom is -0.463 e. The summed E-state index contributed by atoms with van der Waals surface area (Å²) in [6, 6.07) is 0. The summed E-state index contributed by atoms with van der Waals surface area (Å²) in [6.07, 6.45) is 52.7. The van der Waals surface area contributed by atoms with Crippen LogP contribution in [0.25, 0.3) is 0 Å². The van der Waals surface area contributed by atoms with Gasteiger partial charge in [-0.1, -0.05) is 230 Å². The smallest absolute Gasteiger partial charge is 0.463 e. The van der Waals surface area contributed by atoms with Crippen LogP contribution >= 0.6 is 15.6 Å². The van der Waals surface area contributed by atoms with Gasteiger partial charge in [-0.2, -0.15) is 0 Å². The molecule has 0 heterocycles.